The second kappa shape index (κ2) is 9.76. The van der Waals surface area contributed by atoms with Crippen LogP contribution in [0, 0.1) is 0 Å². The van der Waals surface area contributed by atoms with Gasteiger partial charge in [0.2, 0.25) is 0 Å². The maximum Gasteiger partial charge on any atom is 0.337 e. The predicted octanol–water partition coefficient (Wildman–Crippen LogP) is 3.38. The summed E-state index contributed by atoms with van der Waals surface area (Å²) in [5, 5.41) is 9.88. The van der Waals surface area contributed by atoms with Gasteiger partial charge in [-0.3, -0.25) is 9.62 Å². The number of piperazine rings is 1. The van der Waals surface area contributed by atoms with Crippen molar-refractivity contribution in [2.75, 3.05) is 49.5 Å². The second-order valence-corrected chi connectivity index (χ2v) is 9.36. The highest BCUT2D eigenvalue weighted by Crippen LogP contribution is 2.30. The van der Waals surface area contributed by atoms with Crippen LogP contribution in [0.4, 0.5) is 11.4 Å². The molecule has 8 nitrogen and oxygen atoms in total. The monoisotopic (exact) mass is 467 g/mol. The van der Waals surface area contributed by atoms with Crippen LogP contribution < -0.4 is 14.4 Å². The number of nitrogens with one attached hydrogen (secondary N) is 1. The molecule has 1 aliphatic rings. The average molecular weight is 468 g/mol. The minimum atomic E-state index is -3.96. The summed E-state index contributed by atoms with van der Waals surface area (Å²) in [6, 6.07) is 8.68. The molecule has 0 bridgehead atoms. The van der Waals surface area contributed by atoms with Gasteiger partial charge < -0.3 is 14.7 Å². The maximum atomic E-state index is 12.7. The number of carbonyl (C=O) groups is 1. The Balaban J connectivity index is 1.82. The molecule has 10 heteroatoms. The number of sulfonamides is 1. The van der Waals surface area contributed by atoms with E-state index in [1.165, 1.54) is 31.4 Å². The number of halogens is 1. The smallest absolute Gasteiger partial charge is 0.337 e. The topological polar surface area (TPSA) is 99.2 Å². The van der Waals surface area contributed by atoms with Gasteiger partial charge in [-0.2, -0.15) is 0 Å². The van der Waals surface area contributed by atoms with Gasteiger partial charge in [-0.1, -0.05) is 18.5 Å². The van der Waals surface area contributed by atoms with Crippen LogP contribution in [0.5, 0.6) is 5.75 Å². The normalized spacial score (nSPS) is 15.0. The van der Waals surface area contributed by atoms with Crippen LogP contribution in [0.15, 0.2) is 41.3 Å². The Morgan fingerprint density at radius 2 is 1.87 bits per heavy atom. The van der Waals surface area contributed by atoms with Crippen LogP contribution in [-0.2, 0) is 10.0 Å². The molecule has 1 saturated heterocycles. The maximum absolute atomic E-state index is 12.7. The van der Waals surface area contributed by atoms with Crippen molar-refractivity contribution in [3.05, 3.63) is 47.0 Å². The summed E-state index contributed by atoms with van der Waals surface area (Å²) in [6.45, 7) is 6.31. The largest absolute Gasteiger partial charge is 0.495 e. The minimum absolute atomic E-state index is 0.0497. The van der Waals surface area contributed by atoms with Crippen molar-refractivity contribution in [1.29, 1.82) is 0 Å². The third-order valence-corrected chi connectivity index (χ3v) is 6.84. The van der Waals surface area contributed by atoms with Crippen LogP contribution in [0.2, 0.25) is 5.02 Å². The van der Waals surface area contributed by atoms with Crippen molar-refractivity contribution in [2.24, 2.45) is 0 Å². The van der Waals surface area contributed by atoms with E-state index < -0.39 is 16.0 Å². The molecule has 0 saturated carbocycles. The molecule has 2 aromatic carbocycles. The Kier molecular flexibility index (Phi) is 7.30. The fraction of sp³-hybridized carbons (Fsp3) is 0.381. The summed E-state index contributed by atoms with van der Waals surface area (Å²) in [5.41, 5.74) is 0.800. The number of hydrogen-bond acceptors (Lipinski definition) is 6. The van der Waals surface area contributed by atoms with Crippen LogP contribution in [0.25, 0.3) is 0 Å². The molecule has 0 amide bonds. The molecule has 3 rings (SSSR count). The number of methoxy groups -OCH3 is 1. The van der Waals surface area contributed by atoms with E-state index >= 15 is 0 Å². The lowest BCUT2D eigenvalue weighted by atomic mass is 10.1. The molecule has 168 valence electrons. The lowest BCUT2D eigenvalue weighted by Crippen LogP contribution is -2.47. The first kappa shape index (κ1) is 23.2. The number of nitrogens with zero attached hydrogens (tertiary/aromatic N) is 2. The first-order valence-electron chi connectivity index (χ1n) is 9.96. The fourth-order valence-electron chi connectivity index (χ4n) is 3.60. The van der Waals surface area contributed by atoms with Crippen LogP contribution >= 0.6 is 11.6 Å². The molecule has 1 fully saturated rings. The van der Waals surface area contributed by atoms with Gasteiger partial charge in [0.25, 0.3) is 10.0 Å². The Morgan fingerprint density at radius 1 is 1.16 bits per heavy atom. The van der Waals surface area contributed by atoms with Gasteiger partial charge in [0.05, 0.1) is 28.3 Å². The lowest BCUT2D eigenvalue weighted by molar-refractivity contribution is 0.0697. The molecule has 1 aliphatic heterocycles. The van der Waals surface area contributed by atoms with E-state index in [1.807, 2.05) is 4.90 Å². The van der Waals surface area contributed by atoms with Crippen molar-refractivity contribution in [2.45, 2.75) is 18.2 Å². The van der Waals surface area contributed by atoms with Gasteiger partial charge in [-0.15, -0.1) is 0 Å². The summed E-state index contributed by atoms with van der Waals surface area (Å²) < 4.78 is 33.0. The molecule has 0 aliphatic carbocycles. The summed E-state index contributed by atoms with van der Waals surface area (Å²) in [5.74, 6) is -0.753. The van der Waals surface area contributed by atoms with Crippen LogP contribution in [0.3, 0.4) is 0 Å². The van der Waals surface area contributed by atoms with E-state index in [-0.39, 0.29) is 21.2 Å². The zero-order valence-corrected chi connectivity index (χ0v) is 19.0. The summed E-state index contributed by atoms with van der Waals surface area (Å²) in [4.78, 5) is 16.2. The van der Waals surface area contributed by atoms with E-state index in [0.717, 1.165) is 39.1 Å². The number of ether oxygens (including phenoxy) is 1. The molecule has 0 unspecified atom stereocenters. The van der Waals surface area contributed by atoms with E-state index in [9.17, 15) is 18.3 Å². The predicted molar refractivity (Wildman–Crippen MR) is 121 cm³/mol. The first-order valence-corrected chi connectivity index (χ1v) is 11.8. The summed E-state index contributed by atoms with van der Waals surface area (Å²) in [6.07, 6.45) is 1.08. The molecule has 0 spiro atoms. The fourth-order valence-corrected chi connectivity index (χ4v) is 5.00. The summed E-state index contributed by atoms with van der Waals surface area (Å²) >= 11 is 6.04. The SMILES string of the molecule is CCCN1CCN(c2ccc(NS(=O)(=O)c3ccc(OC)c(Cl)c3)cc2C(=O)O)CC1. The van der Waals surface area contributed by atoms with E-state index in [0.29, 0.717) is 11.4 Å². The third kappa shape index (κ3) is 5.41. The average Bonchev–Trinajstić information content (AvgIpc) is 2.74. The summed E-state index contributed by atoms with van der Waals surface area (Å²) in [7, 11) is -2.52. The van der Waals surface area contributed by atoms with Gasteiger partial charge in [0, 0.05) is 31.9 Å². The number of hydrogen-bond donors (Lipinski definition) is 2. The molecule has 0 aromatic heterocycles. The molecule has 0 atom stereocenters. The number of benzene rings is 2. The minimum Gasteiger partial charge on any atom is -0.495 e. The second-order valence-electron chi connectivity index (χ2n) is 7.27. The van der Waals surface area contributed by atoms with Gasteiger partial charge in [0.1, 0.15) is 5.75 Å². The van der Waals surface area contributed by atoms with Gasteiger partial charge >= 0.3 is 5.97 Å². The standard InChI is InChI=1S/C21H26ClN3O5S/c1-3-8-24-9-11-25(12-10-24)19-6-4-15(13-17(19)21(26)27)23-31(28,29)16-5-7-20(30-2)18(22)14-16/h4-7,13-14,23H,3,8-12H2,1-2H3,(H,26,27). The molecular weight excluding hydrogens is 442 g/mol. The quantitative estimate of drug-likeness (QED) is 0.613. The van der Waals surface area contributed by atoms with Crippen LogP contribution in [-0.4, -0.2) is 64.2 Å². The highest BCUT2D eigenvalue weighted by molar-refractivity contribution is 7.92. The molecule has 2 aromatic rings. The Hall–Kier alpha value is -2.49. The highest BCUT2D eigenvalue weighted by Gasteiger charge is 2.23. The Bertz CT molecular complexity index is 1050. The molecule has 2 N–H and O–H groups in total. The molecule has 0 radical (unpaired) electrons. The van der Waals surface area contributed by atoms with E-state index in [4.69, 9.17) is 16.3 Å². The number of carboxylic acids is 1. The number of carboxylic acid groups (broad SMARTS) is 1. The van der Waals surface area contributed by atoms with Crippen LogP contribution in [0.1, 0.15) is 23.7 Å². The first-order chi connectivity index (χ1) is 14.7. The molecule has 31 heavy (non-hydrogen) atoms. The number of rotatable bonds is 8. The zero-order chi connectivity index (χ0) is 22.6. The van der Waals surface area contributed by atoms with Gasteiger partial charge in [0.15, 0.2) is 0 Å². The third-order valence-electron chi connectivity index (χ3n) is 5.17. The van der Waals surface area contributed by atoms with Crippen molar-refractivity contribution in [3.63, 3.8) is 0 Å². The Labute approximate surface area is 187 Å². The van der Waals surface area contributed by atoms with Gasteiger partial charge in [-0.25, -0.2) is 13.2 Å². The van der Waals surface area contributed by atoms with Crippen molar-refractivity contribution in [3.8, 4) is 5.75 Å². The van der Waals surface area contributed by atoms with Crippen molar-refractivity contribution < 1.29 is 23.1 Å². The van der Waals surface area contributed by atoms with Crippen molar-refractivity contribution in [1.82, 2.24) is 4.90 Å². The number of aromatic carboxylic acids is 1. The molecular formula is C21H26ClN3O5S. The highest BCUT2D eigenvalue weighted by atomic mass is 35.5. The van der Waals surface area contributed by atoms with Crippen molar-refractivity contribution >= 4 is 39.0 Å². The van der Waals surface area contributed by atoms with E-state index in [2.05, 4.69) is 16.5 Å². The van der Waals surface area contributed by atoms with Gasteiger partial charge in [-0.05, 0) is 49.4 Å². The zero-order valence-electron chi connectivity index (χ0n) is 17.5. The lowest BCUT2D eigenvalue weighted by Gasteiger charge is -2.36. The molecule has 1 heterocycles. The van der Waals surface area contributed by atoms with E-state index in [1.54, 1.807) is 12.1 Å². The Morgan fingerprint density at radius 3 is 2.45 bits per heavy atom. The number of anilines is 2.